The van der Waals surface area contributed by atoms with E-state index in [0.717, 1.165) is 43.7 Å². The minimum Gasteiger partial charge on any atom is -0.325 e. The van der Waals surface area contributed by atoms with Crippen molar-refractivity contribution < 1.29 is 4.79 Å². The molecule has 0 radical (unpaired) electrons. The molecule has 1 unspecified atom stereocenters. The Hall–Kier alpha value is -1.39. The molecule has 1 amide bonds. The van der Waals surface area contributed by atoms with Crippen LogP contribution in [0.1, 0.15) is 30.9 Å². The summed E-state index contributed by atoms with van der Waals surface area (Å²) >= 11 is 0. The highest BCUT2D eigenvalue weighted by molar-refractivity contribution is 5.93. The van der Waals surface area contributed by atoms with Crippen LogP contribution in [0.5, 0.6) is 0 Å². The van der Waals surface area contributed by atoms with Gasteiger partial charge in [0.15, 0.2) is 0 Å². The third kappa shape index (κ3) is 4.29. The fraction of sp³-hybridized carbons (Fsp3) is 0.588. The number of amides is 1. The molecule has 1 atom stereocenters. The predicted molar refractivity (Wildman–Crippen MR) is 87.7 cm³/mol. The first-order valence-electron chi connectivity index (χ1n) is 7.92. The summed E-state index contributed by atoms with van der Waals surface area (Å²) in [5.41, 5.74) is 3.29. The second-order valence-corrected chi connectivity index (χ2v) is 5.91. The second-order valence-electron chi connectivity index (χ2n) is 5.91. The standard InChI is InChI=1S/C17H27N3O/c1-4-10-20(15-8-9-18-11-15)12-17(21)19-16-7-5-6-13(2)14(16)3/h5-7,15,18H,4,8-12H2,1-3H3,(H,19,21). The number of carbonyl (C=O) groups is 1. The molecule has 1 aliphatic rings. The smallest absolute Gasteiger partial charge is 0.238 e. The van der Waals surface area contributed by atoms with Crippen LogP contribution in [-0.4, -0.2) is 43.0 Å². The third-order valence-electron chi connectivity index (χ3n) is 4.29. The summed E-state index contributed by atoms with van der Waals surface area (Å²) in [4.78, 5) is 14.7. The van der Waals surface area contributed by atoms with Gasteiger partial charge in [0, 0.05) is 18.3 Å². The molecule has 2 N–H and O–H groups in total. The van der Waals surface area contributed by atoms with Gasteiger partial charge in [0.25, 0.3) is 0 Å². The van der Waals surface area contributed by atoms with Crippen molar-refractivity contribution >= 4 is 11.6 Å². The first-order valence-corrected chi connectivity index (χ1v) is 7.92. The topological polar surface area (TPSA) is 44.4 Å². The summed E-state index contributed by atoms with van der Waals surface area (Å²) in [5.74, 6) is 0.0871. The molecule has 1 aromatic rings. The van der Waals surface area contributed by atoms with Crippen LogP contribution < -0.4 is 10.6 Å². The van der Waals surface area contributed by atoms with Gasteiger partial charge in [-0.15, -0.1) is 0 Å². The lowest BCUT2D eigenvalue weighted by Gasteiger charge is -2.27. The van der Waals surface area contributed by atoms with Gasteiger partial charge in [-0.25, -0.2) is 0 Å². The van der Waals surface area contributed by atoms with E-state index in [1.54, 1.807) is 0 Å². The second kappa shape index (κ2) is 7.57. The molecular formula is C17H27N3O. The number of nitrogens with one attached hydrogen (secondary N) is 2. The molecule has 0 bridgehead atoms. The molecule has 0 saturated carbocycles. The molecule has 4 heteroatoms. The Bertz CT molecular complexity index is 481. The average molecular weight is 289 g/mol. The number of hydrogen-bond donors (Lipinski definition) is 2. The highest BCUT2D eigenvalue weighted by Gasteiger charge is 2.23. The van der Waals surface area contributed by atoms with Crippen molar-refractivity contribution in [1.82, 2.24) is 10.2 Å². The predicted octanol–water partition coefficient (Wildman–Crippen LogP) is 2.32. The number of benzene rings is 1. The van der Waals surface area contributed by atoms with E-state index >= 15 is 0 Å². The van der Waals surface area contributed by atoms with Gasteiger partial charge in [0.05, 0.1) is 6.54 Å². The van der Waals surface area contributed by atoms with E-state index in [0.29, 0.717) is 12.6 Å². The van der Waals surface area contributed by atoms with Gasteiger partial charge in [-0.1, -0.05) is 19.1 Å². The summed E-state index contributed by atoms with van der Waals surface area (Å²) in [7, 11) is 0. The van der Waals surface area contributed by atoms with Crippen molar-refractivity contribution in [3.63, 3.8) is 0 Å². The molecule has 21 heavy (non-hydrogen) atoms. The molecule has 4 nitrogen and oxygen atoms in total. The van der Waals surface area contributed by atoms with Crippen LogP contribution in [0.2, 0.25) is 0 Å². The largest absolute Gasteiger partial charge is 0.325 e. The lowest BCUT2D eigenvalue weighted by atomic mass is 10.1. The highest BCUT2D eigenvalue weighted by atomic mass is 16.2. The zero-order valence-electron chi connectivity index (χ0n) is 13.4. The van der Waals surface area contributed by atoms with E-state index in [1.165, 1.54) is 5.56 Å². The summed E-state index contributed by atoms with van der Waals surface area (Å²) in [6.07, 6.45) is 2.21. The lowest BCUT2D eigenvalue weighted by molar-refractivity contribution is -0.117. The van der Waals surface area contributed by atoms with Crippen molar-refractivity contribution in [2.45, 2.75) is 39.7 Å². The van der Waals surface area contributed by atoms with Crippen molar-refractivity contribution in [1.29, 1.82) is 0 Å². The summed E-state index contributed by atoms with van der Waals surface area (Å²) < 4.78 is 0. The Morgan fingerprint density at radius 1 is 1.43 bits per heavy atom. The molecule has 0 aromatic heterocycles. The highest BCUT2D eigenvalue weighted by Crippen LogP contribution is 2.18. The zero-order chi connectivity index (χ0) is 15.2. The van der Waals surface area contributed by atoms with Gasteiger partial charge in [-0.05, 0) is 57.0 Å². The van der Waals surface area contributed by atoms with Crippen molar-refractivity contribution in [2.24, 2.45) is 0 Å². The molecular weight excluding hydrogens is 262 g/mol. The van der Waals surface area contributed by atoms with Crippen LogP contribution in [-0.2, 0) is 4.79 Å². The first-order chi connectivity index (χ1) is 10.1. The van der Waals surface area contributed by atoms with E-state index in [9.17, 15) is 4.79 Å². The third-order valence-corrected chi connectivity index (χ3v) is 4.29. The quantitative estimate of drug-likeness (QED) is 0.845. The van der Waals surface area contributed by atoms with Crippen LogP contribution in [0, 0.1) is 13.8 Å². The molecule has 1 saturated heterocycles. The van der Waals surface area contributed by atoms with Gasteiger partial charge in [-0.3, -0.25) is 9.69 Å². The molecule has 116 valence electrons. The van der Waals surface area contributed by atoms with E-state index in [2.05, 4.69) is 42.4 Å². The number of carbonyl (C=O) groups excluding carboxylic acids is 1. The number of rotatable bonds is 6. The van der Waals surface area contributed by atoms with Crippen LogP contribution in [0.25, 0.3) is 0 Å². The molecule has 1 heterocycles. The van der Waals surface area contributed by atoms with Crippen molar-refractivity contribution in [2.75, 3.05) is 31.5 Å². The molecule has 1 aromatic carbocycles. The van der Waals surface area contributed by atoms with Crippen LogP contribution in [0.4, 0.5) is 5.69 Å². The van der Waals surface area contributed by atoms with Gasteiger partial charge < -0.3 is 10.6 Å². The Labute approximate surface area is 127 Å². The van der Waals surface area contributed by atoms with Crippen LogP contribution in [0.3, 0.4) is 0 Å². The van der Waals surface area contributed by atoms with E-state index in [-0.39, 0.29) is 5.91 Å². The van der Waals surface area contributed by atoms with E-state index < -0.39 is 0 Å². The van der Waals surface area contributed by atoms with Gasteiger partial charge >= 0.3 is 0 Å². The summed E-state index contributed by atoms with van der Waals surface area (Å²) in [6, 6.07) is 6.53. The zero-order valence-corrected chi connectivity index (χ0v) is 13.4. The maximum atomic E-state index is 12.3. The van der Waals surface area contributed by atoms with Gasteiger partial charge in [0.2, 0.25) is 5.91 Å². The average Bonchev–Trinajstić information content (AvgIpc) is 2.97. The Kier molecular flexibility index (Phi) is 5.76. The minimum absolute atomic E-state index is 0.0871. The summed E-state index contributed by atoms with van der Waals surface area (Å²) in [5, 5.41) is 6.44. The van der Waals surface area contributed by atoms with Crippen molar-refractivity contribution in [3.8, 4) is 0 Å². The SMILES string of the molecule is CCCN(CC(=O)Nc1cccc(C)c1C)C1CCNC1. The number of hydrogen-bond acceptors (Lipinski definition) is 3. The fourth-order valence-electron chi connectivity index (χ4n) is 2.89. The van der Waals surface area contributed by atoms with E-state index in [4.69, 9.17) is 0 Å². The van der Waals surface area contributed by atoms with Gasteiger partial charge in [-0.2, -0.15) is 0 Å². The Morgan fingerprint density at radius 3 is 2.90 bits per heavy atom. The molecule has 2 rings (SSSR count). The van der Waals surface area contributed by atoms with Crippen molar-refractivity contribution in [3.05, 3.63) is 29.3 Å². The fourth-order valence-corrected chi connectivity index (χ4v) is 2.89. The van der Waals surface area contributed by atoms with E-state index in [1.807, 2.05) is 12.1 Å². The molecule has 0 spiro atoms. The molecule has 1 aliphatic heterocycles. The van der Waals surface area contributed by atoms with Gasteiger partial charge in [0.1, 0.15) is 0 Å². The maximum absolute atomic E-state index is 12.3. The Balaban J connectivity index is 1.96. The lowest BCUT2D eigenvalue weighted by Crippen LogP contribution is -2.42. The Morgan fingerprint density at radius 2 is 2.24 bits per heavy atom. The van der Waals surface area contributed by atoms with Crippen LogP contribution in [0.15, 0.2) is 18.2 Å². The summed E-state index contributed by atoms with van der Waals surface area (Å²) in [6.45, 7) is 9.80. The van der Waals surface area contributed by atoms with Crippen LogP contribution >= 0.6 is 0 Å². The number of anilines is 1. The monoisotopic (exact) mass is 289 g/mol. The molecule has 1 fully saturated rings. The first kappa shape index (κ1) is 16.0. The molecule has 0 aliphatic carbocycles. The minimum atomic E-state index is 0.0871. The normalized spacial score (nSPS) is 18.2. The number of aryl methyl sites for hydroxylation is 1. The number of nitrogens with zero attached hydrogens (tertiary/aromatic N) is 1. The maximum Gasteiger partial charge on any atom is 0.238 e.